The van der Waals surface area contributed by atoms with E-state index in [1.54, 1.807) is 11.3 Å². The highest BCUT2D eigenvalue weighted by Crippen LogP contribution is 2.45. The number of aliphatic hydroxyl groups is 1. The van der Waals surface area contributed by atoms with E-state index in [1.165, 1.54) is 21.5 Å². The van der Waals surface area contributed by atoms with Crippen LogP contribution in [0.4, 0.5) is 0 Å². The molecule has 1 N–H and O–H groups in total. The number of thiophene rings is 1. The van der Waals surface area contributed by atoms with Crippen LogP contribution in [0.5, 0.6) is 0 Å². The van der Waals surface area contributed by atoms with Crippen molar-refractivity contribution in [3.05, 3.63) is 20.8 Å². The maximum Gasteiger partial charge on any atom is 0.0701 e. The maximum atomic E-state index is 9.24. The average Bonchev–Trinajstić information content (AvgIpc) is 2.84. The number of hydrogen-bond acceptors (Lipinski definition) is 3. The van der Waals surface area contributed by atoms with E-state index in [9.17, 15) is 5.11 Å². The summed E-state index contributed by atoms with van der Waals surface area (Å²) in [4.78, 5) is 3.68. The van der Waals surface area contributed by atoms with Crippen molar-refractivity contribution >= 4 is 27.3 Å². The molecular weight excluding hydrogens is 274 g/mol. The Balaban J connectivity index is 1.84. The second kappa shape index (κ2) is 4.53. The van der Waals surface area contributed by atoms with E-state index in [2.05, 4.69) is 40.0 Å². The zero-order valence-electron chi connectivity index (χ0n) is 8.87. The molecule has 0 bridgehead atoms. The normalized spacial score (nSPS) is 18.4. The van der Waals surface area contributed by atoms with Gasteiger partial charge in [0.2, 0.25) is 0 Å². The molecule has 2 nitrogen and oxygen atoms in total. The van der Waals surface area contributed by atoms with Crippen LogP contribution in [0.1, 0.15) is 17.7 Å². The quantitative estimate of drug-likeness (QED) is 0.901. The Morgan fingerprint density at radius 2 is 2.27 bits per heavy atom. The molecule has 0 amide bonds. The van der Waals surface area contributed by atoms with Crippen molar-refractivity contribution in [1.29, 1.82) is 0 Å². The molecule has 1 aliphatic carbocycles. The summed E-state index contributed by atoms with van der Waals surface area (Å²) in [6.45, 7) is 2.34. The predicted molar refractivity (Wildman–Crippen MR) is 67.1 cm³/mol. The van der Waals surface area contributed by atoms with Crippen molar-refractivity contribution in [2.75, 3.05) is 20.2 Å². The highest BCUT2D eigenvalue weighted by Gasteiger charge is 2.42. The molecule has 15 heavy (non-hydrogen) atoms. The molecule has 0 aromatic carbocycles. The lowest BCUT2D eigenvalue weighted by Crippen LogP contribution is -2.28. The Bertz CT molecular complexity index is 335. The Hall–Kier alpha value is 0.1000. The fourth-order valence-electron chi connectivity index (χ4n) is 1.87. The number of rotatable bonds is 5. The summed E-state index contributed by atoms with van der Waals surface area (Å²) in [6, 6.07) is 4.25. The first kappa shape index (κ1) is 11.6. The molecule has 0 saturated heterocycles. The van der Waals surface area contributed by atoms with Crippen LogP contribution in [-0.4, -0.2) is 30.2 Å². The van der Waals surface area contributed by atoms with E-state index in [0.717, 1.165) is 13.1 Å². The fourth-order valence-corrected chi connectivity index (χ4v) is 3.44. The minimum Gasteiger partial charge on any atom is -0.396 e. The summed E-state index contributed by atoms with van der Waals surface area (Å²) < 4.78 is 1.19. The molecule has 0 atom stereocenters. The van der Waals surface area contributed by atoms with Crippen LogP contribution >= 0.6 is 27.3 Å². The first-order chi connectivity index (χ1) is 7.13. The van der Waals surface area contributed by atoms with Crippen LogP contribution < -0.4 is 0 Å². The van der Waals surface area contributed by atoms with Gasteiger partial charge in [-0.1, -0.05) is 0 Å². The largest absolute Gasteiger partial charge is 0.396 e. The molecule has 1 aliphatic rings. The SMILES string of the molecule is CN(Cc1ccc(Br)s1)CC1(CO)CC1. The lowest BCUT2D eigenvalue weighted by Gasteiger charge is -2.21. The molecule has 0 aliphatic heterocycles. The third-order valence-electron chi connectivity index (χ3n) is 2.95. The Morgan fingerprint density at radius 3 is 2.73 bits per heavy atom. The van der Waals surface area contributed by atoms with Crippen molar-refractivity contribution < 1.29 is 5.11 Å². The average molecular weight is 290 g/mol. The van der Waals surface area contributed by atoms with Gasteiger partial charge in [-0.3, -0.25) is 0 Å². The van der Waals surface area contributed by atoms with Gasteiger partial charge in [-0.25, -0.2) is 0 Å². The molecule has 1 aromatic rings. The third-order valence-corrected chi connectivity index (χ3v) is 4.56. The first-order valence-corrected chi connectivity index (χ1v) is 6.78. The van der Waals surface area contributed by atoms with E-state index in [0.29, 0.717) is 6.61 Å². The molecular formula is C11H16BrNOS. The smallest absolute Gasteiger partial charge is 0.0701 e. The van der Waals surface area contributed by atoms with E-state index in [-0.39, 0.29) is 5.41 Å². The van der Waals surface area contributed by atoms with Crippen molar-refractivity contribution in [3.63, 3.8) is 0 Å². The summed E-state index contributed by atoms with van der Waals surface area (Å²) in [5.41, 5.74) is 0.225. The molecule has 4 heteroatoms. The Morgan fingerprint density at radius 1 is 1.53 bits per heavy atom. The third kappa shape index (κ3) is 3.03. The van der Waals surface area contributed by atoms with Crippen LogP contribution in [0.2, 0.25) is 0 Å². The van der Waals surface area contributed by atoms with Gasteiger partial charge in [0.1, 0.15) is 0 Å². The molecule has 84 valence electrons. The second-order valence-electron chi connectivity index (χ2n) is 4.54. The van der Waals surface area contributed by atoms with Gasteiger partial charge in [0.05, 0.1) is 3.79 Å². The maximum absolute atomic E-state index is 9.24. The van der Waals surface area contributed by atoms with Crippen LogP contribution in [0.3, 0.4) is 0 Å². The van der Waals surface area contributed by atoms with Gasteiger partial charge in [0.15, 0.2) is 0 Å². The van der Waals surface area contributed by atoms with Gasteiger partial charge >= 0.3 is 0 Å². The molecule has 1 aromatic heterocycles. The molecule has 1 saturated carbocycles. The summed E-state index contributed by atoms with van der Waals surface area (Å²) in [5.74, 6) is 0. The van der Waals surface area contributed by atoms with Crippen molar-refractivity contribution in [3.8, 4) is 0 Å². The fraction of sp³-hybridized carbons (Fsp3) is 0.636. The number of nitrogens with zero attached hydrogens (tertiary/aromatic N) is 1. The number of hydrogen-bond donors (Lipinski definition) is 1. The Labute approximate surface area is 103 Å². The molecule has 0 spiro atoms. The molecule has 0 radical (unpaired) electrons. The molecule has 2 rings (SSSR count). The monoisotopic (exact) mass is 289 g/mol. The van der Waals surface area contributed by atoms with Crippen molar-refractivity contribution in [1.82, 2.24) is 4.90 Å². The summed E-state index contributed by atoms with van der Waals surface area (Å²) in [6.07, 6.45) is 2.37. The molecule has 0 unspecified atom stereocenters. The number of halogens is 1. The minimum absolute atomic E-state index is 0.225. The van der Waals surface area contributed by atoms with Crippen LogP contribution in [-0.2, 0) is 6.54 Å². The van der Waals surface area contributed by atoms with Crippen molar-refractivity contribution in [2.45, 2.75) is 19.4 Å². The first-order valence-electron chi connectivity index (χ1n) is 5.17. The van der Waals surface area contributed by atoms with E-state index >= 15 is 0 Å². The highest BCUT2D eigenvalue weighted by molar-refractivity contribution is 9.11. The van der Waals surface area contributed by atoms with E-state index in [4.69, 9.17) is 0 Å². The standard InChI is InChI=1S/C11H16BrNOS/c1-13(7-11(8-14)4-5-11)6-9-2-3-10(12)15-9/h2-3,14H,4-8H2,1H3. The summed E-state index contributed by atoms with van der Waals surface area (Å²) in [5, 5.41) is 9.24. The zero-order valence-corrected chi connectivity index (χ0v) is 11.3. The van der Waals surface area contributed by atoms with Crippen molar-refractivity contribution in [2.24, 2.45) is 5.41 Å². The second-order valence-corrected chi connectivity index (χ2v) is 7.08. The minimum atomic E-state index is 0.225. The van der Waals surface area contributed by atoms with Gasteiger partial charge in [-0.05, 0) is 48.0 Å². The van der Waals surface area contributed by atoms with Gasteiger partial charge in [-0.15, -0.1) is 11.3 Å². The topological polar surface area (TPSA) is 23.5 Å². The van der Waals surface area contributed by atoms with Gasteiger partial charge in [0.25, 0.3) is 0 Å². The van der Waals surface area contributed by atoms with Crippen LogP contribution in [0, 0.1) is 5.41 Å². The Kier molecular flexibility index (Phi) is 3.50. The van der Waals surface area contributed by atoms with Gasteiger partial charge < -0.3 is 10.0 Å². The summed E-state index contributed by atoms with van der Waals surface area (Å²) in [7, 11) is 2.13. The van der Waals surface area contributed by atoms with E-state index in [1.807, 2.05) is 0 Å². The van der Waals surface area contributed by atoms with Crippen LogP contribution in [0.15, 0.2) is 15.9 Å². The summed E-state index contributed by atoms with van der Waals surface area (Å²) >= 11 is 5.25. The lowest BCUT2D eigenvalue weighted by atomic mass is 10.1. The van der Waals surface area contributed by atoms with Gasteiger partial charge in [-0.2, -0.15) is 0 Å². The van der Waals surface area contributed by atoms with Gasteiger partial charge in [0, 0.05) is 30.0 Å². The number of aliphatic hydroxyl groups excluding tert-OH is 1. The highest BCUT2D eigenvalue weighted by atomic mass is 79.9. The van der Waals surface area contributed by atoms with Crippen LogP contribution in [0.25, 0.3) is 0 Å². The molecule has 1 heterocycles. The predicted octanol–water partition coefficient (Wildman–Crippen LogP) is 2.71. The molecule has 1 fully saturated rings. The van der Waals surface area contributed by atoms with E-state index < -0.39 is 0 Å². The lowest BCUT2D eigenvalue weighted by molar-refractivity contribution is 0.161. The zero-order chi connectivity index (χ0) is 10.9.